The molecule has 2 N–H and O–H groups in total. The largest absolute Gasteiger partial charge is 0.496 e. The smallest absolute Gasteiger partial charge is 0.399 e. The summed E-state index contributed by atoms with van der Waals surface area (Å²) in [7, 11) is -7.97. The predicted octanol–water partition coefficient (Wildman–Crippen LogP) is 8.39. The van der Waals surface area contributed by atoms with E-state index in [0.29, 0.717) is 28.5 Å². The Balaban J connectivity index is 0.000000140. The van der Waals surface area contributed by atoms with Gasteiger partial charge >= 0.3 is 7.12 Å². The summed E-state index contributed by atoms with van der Waals surface area (Å²) in [6.45, 7) is 7.84. The minimum absolute atomic E-state index is 0.188. The summed E-state index contributed by atoms with van der Waals surface area (Å²) in [5, 5.41) is 0. The highest BCUT2D eigenvalue weighted by atomic mass is 79.9. The van der Waals surface area contributed by atoms with Crippen LogP contribution < -0.4 is 14.9 Å². The molecule has 0 atom stereocenters. The fraction of sp³-hybridized carbons (Fsp3) is 0.120. The number of rotatable bonds is 10. The van der Waals surface area contributed by atoms with Gasteiger partial charge in [0.05, 0.1) is 57.2 Å². The maximum absolute atomic E-state index is 12.6. The van der Waals surface area contributed by atoms with Gasteiger partial charge in [0, 0.05) is 70.6 Å². The predicted molar refractivity (Wildman–Crippen MR) is 278 cm³/mol. The standard InChI is InChI=1S/C22H16N6O2S.C17H21BN2O4S.C11H7BrN4/c29-31(30,19-5-2-1-3-6-19)27-18-11-17(12-23-13-18)16-7-8-21-26-14-20(28(21)15-16)22-24-9-4-10-25-22;1-16(2)17(3,4)24-18(23-16)13-10-14(12-19-11-13)20-25(21,22)15-8-6-5-7-9-15;12-8-2-3-10-15-6-9(16(10)7-8)11-13-4-1-5-14-11/h1-15,27H;5-12,20H,1-4H3;1-7H. The van der Waals surface area contributed by atoms with E-state index in [9.17, 15) is 16.8 Å². The first kappa shape index (κ1) is 49.2. The van der Waals surface area contributed by atoms with E-state index in [1.165, 1.54) is 24.5 Å². The molecule has 72 heavy (non-hydrogen) atoms. The Hall–Kier alpha value is -7.76. The number of fused-ring (bicyclic) bond motifs is 2. The van der Waals surface area contributed by atoms with E-state index in [0.717, 1.165) is 38.3 Å². The highest BCUT2D eigenvalue weighted by Gasteiger charge is 2.52. The Morgan fingerprint density at radius 2 is 0.986 bits per heavy atom. The first-order valence-electron chi connectivity index (χ1n) is 22.1. The maximum Gasteiger partial charge on any atom is 0.496 e. The minimum atomic E-state index is -3.70. The van der Waals surface area contributed by atoms with E-state index >= 15 is 0 Å². The third-order valence-corrected chi connectivity index (χ3v) is 14.8. The van der Waals surface area contributed by atoms with E-state index < -0.39 is 38.4 Å². The molecule has 362 valence electrons. The van der Waals surface area contributed by atoms with Crippen molar-refractivity contribution in [2.24, 2.45) is 0 Å². The molecule has 0 amide bonds. The van der Waals surface area contributed by atoms with Gasteiger partial charge in [-0.1, -0.05) is 36.4 Å². The van der Waals surface area contributed by atoms with Crippen LogP contribution in [0.2, 0.25) is 0 Å². The van der Waals surface area contributed by atoms with Crippen molar-refractivity contribution in [2.75, 3.05) is 9.44 Å². The molecule has 1 fully saturated rings. The van der Waals surface area contributed by atoms with Crippen LogP contribution in [0.25, 0.3) is 45.5 Å². The molecule has 22 heteroatoms. The zero-order chi connectivity index (χ0) is 50.5. The Bertz CT molecular complexity index is 3710. The van der Waals surface area contributed by atoms with Gasteiger partial charge < -0.3 is 9.31 Å². The highest BCUT2D eigenvalue weighted by Crippen LogP contribution is 2.36. The van der Waals surface area contributed by atoms with Gasteiger partial charge in [-0.05, 0) is 116 Å². The number of anilines is 2. The van der Waals surface area contributed by atoms with Crippen molar-refractivity contribution >= 4 is 71.2 Å². The molecular weight excluding hydrogens is 1020 g/mol. The molecule has 1 aliphatic heterocycles. The van der Waals surface area contributed by atoms with Crippen LogP contribution in [-0.2, 0) is 29.4 Å². The molecule has 0 unspecified atom stereocenters. The Morgan fingerprint density at radius 3 is 1.51 bits per heavy atom. The van der Waals surface area contributed by atoms with Gasteiger partial charge in [0.15, 0.2) is 11.6 Å². The van der Waals surface area contributed by atoms with Crippen molar-refractivity contribution in [3.05, 3.63) is 188 Å². The third kappa shape index (κ3) is 11.1. The van der Waals surface area contributed by atoms with Crippen molar-refractivity contribution in [3.63, 3.8) is 0 Å². The van der Waals surface area contributed by atoms with Gasteiger partial charge in [0.25, 0.3) is 20.0 Å². The molecule has 2 aromatic carbocycles. The minimum Gasteiger partial charge on any atom is -0.399 e. The van der Waals surface area contributed by atoms with E-state index in [4.69, 9.17) is 9.31 Å². The Morgan fingerprint density at radius 1 is 0.514 bits per heavy atom. The molecular formula is C50H44BBrN12O6S2. The molecule has 8 aromatic heterocycles. The summed E-state index contributed by atoms with van der Waals surface area (Å²) in [5.41, 5.74) is 5.31. The molecule has 11 rings (SSSR count). The maximum atomic E-state index is 12.6. The number of hydrogen-bond donors (Lipinski definition) is 2. The van der Waals surface area contributed by atoms with Crippen LogP contribution in [0.15, 0.2) is 198 Å². The van der Waals surface area contributed by atoms with Gasteiger partial charge in [-0.3, -0.25) is 28.2 Å². The first-order chi connectivity index (χ1) is 34.5. The average molecular weight is 1060 g/mol. The van der Waals surface area contributed by atoms with Crippen molar-refractivity contribution < 1.29 is 26.1 Å². The summed E-state index contributed by atoms with van der Waals surface area (Å²) in [5.74, 6) is 1.24. The summed E-state index contributed by atoms with van der Waals surface area (Å²) < 4.78 is 72.1. The van der Waals surface area contributed by atoms with Gasteiger partial charge in [0.1, 0.15) is 22.7 Å². The van der Waals surface area contributed by atoms with E-state index in [1.807, 2.05) is 73.2 Å². The van der Waals surface area contributed by atoms with Gasteiger partial charge in [-0.25, -0.2) is 46.7 Å². The zero-order valence-corrected chi connectivity index (χ0v) is 42.2. The lowest BCUT2D eigenvalue weighted by Crippen LogP contribution is -2.41. The molecule has 0 bridgehead atoms. The molecule has 9 heterocycles. The third-order valence-electron chi connectivity index (χ3n) is 11.5. The number of nitrogens with zero attached hydrogens (tertiary/aromatic N) is 10. The molecule has 1 aliphatic rings. The number of sulfonamides is 2. The lowest BCUT2D eigenvalue weighted by atomic mass is 9.80. The highest BCUT2D eigenvalue weighted by molar-refractivity contribution is 9.10. The van der Waals surface area contributed by atoms with E-state index in [2.05, 4.69) is 65.2 Å². The van der Waals surface area contributed by atoms with E-state index in [1.54, 1.807) is 122 Å². The van der Waals surface area contributed by atoms with Crippen molar-refractivity contribution in [1.29, 1.82) is 0 Å². The topological polar surface area (TPSA) is 223 Å². The Kier molecular flexibility index (Phi) is 14.0. The summed E-state index contributed by atoms with van der Waals surface area (Å²) in [6, 6.07) is 31.0. The Labute approximate surface area is 424 Å². The number of pyridine rings is 4. The number of benzene rings is 2. The van der Waals surface area contributed by atoms with Crippen molar-refractivity contribution in [1.82, 2.24) is 48.7 Å². The number of aromatic nitrogens is 10. The molecule has 0 radical (unpaired) electrons. The lowest BCUT2D eigenvalue weighted by molar-refractivity contribution is 0.00578. The molecule has 0 saturated carbocycles. The number of halogens is 1. The average Bonchev–Trinajstić information content (AvgIpc) is 4.07. The number of nitrogens with one attached hydrogen (secondary N) is 2. The van der Waals surface area contributed by atoms with Crippen LogP contribution in [0.5, 0.6) is 0 Å². The molecule has 18 nitrogen and oxygen atoms in total. The molecule has 1 saturated heterocycles. The summed E-state index contributed by atoms with van der Waals surface area (Å²) in [4.78, 5) is 34.4. The molecule has 0 spiro atoms. The van der Waals surface area contributed by atoms with Crippen LogP contribution in [0.1, 0.15) is 27.7 Å². The summed E-state index contributed by atoms with van der Waals surface area (Å²) in [6.07, 6.45) is 20.4. The quantitative estimate of drug-likeness (QED) is 0.123. The fourth-order valence-corrected chi connectivity index (χ4v) is 9.65. The second-order valence-corrected chi connectivity index (χ2v) is 21.3. The van der Waals surface area contributed by atoms with Crippen LogP contribution in [-0.4, -0.2) is 83.8 Å². The number of hydrogen-bond acceptors (Lipinski definition) is 14. The molecule has 0 aliphatic carbocycles. The van der Waals surface area contributed by atoms with Crippen LogP contribution in [0, 0.1) is 0 Å². The fourth-order valence-electron chi connectivity index (χ4n) is 7.20. The second-order valence-electron chi connectivity index (χ2n) is 17.0. The second kappa shape index (κ2) is 20.5. The number of imidazole rings is 2. The first-order valence-corrected chi connectivity index (χ1v) is 25.9. The monoisotopic (exact) mass is 1060 g/mol. The van der Waals surface area contributed by atoms with Crippen LogP contribution in [0.3, 0.4) is 0 Å². The van der Waals surface area contributed by atoms with Crippen molar-refractivity contribution in [2.45, 2.75) is 48.7 Å². The molecule has 10 aromatic rings. The van der Waals surface area contributed by atoms with Crippen LogP contribution in [0.4, 0.5) is 11.4 Å². The van der Waals surface area contributed by atoms with Gasteiger partial charge in [-0.15, -0.1) is 0 Å². The van der Waals surface area contributed by atoms with Crippen LogP contribution >= 0.6 is 15.9 Å². The lowest BCUT2D eigenvalue weighted by Gasteiger charge is -2.32. The van der Waals surface area contributed by atoms with Gasteiger partial charge in [-0.2, -0.15) is 0 Å². The normalized spacial score (nSPS) is 13.9. The van der Waals surface area contributed by atoms with E-state index in [-0.39, 0.29) is 9.79 Å². The van der Waals surface area contributed by atoms with Gasteiger partial charge in [0.2, 0.25) is 0 Å². The SMILES string of the molecule is Brc1ccc2ncc(-c3ncccn3)n2c1.CC1(C)OB(c2cncc(NS(=O)(=O)c3ccccc3)c2)OC1(C)C.O=S(=O)(Nc1cncc(-c2ccc3ncc(-c4ncccn4)n3c2)c1)c1ccccc1. The zero-order valence-electron chi connectivity index (χ0n) is 39.0. The summed E-state index contributed by atoms with van der Waals surface area (Å²) >= 11 is 3.43. The van der Waals surface area contributed by atoms with Crippen molar-refractivity contribution in [3.8, 4) is 34.2 Å².